The Hall–Kier alpha value is -1.69. The molecule has 1 fully saturated rings. The first-order chi connectivity index (χ1) is 12.0. The number of hydrogen-bond donors (Lipinski definition) is 0. The molecule has 1 aliphatic rings. The molecular formula is C20H28F2O4. The van der Waals surface area contributed by atoms with Gasteiger partial charge in [-0.1, -0.05) is 26.8 Å². The SMILES string of the molecule is COc1c(C2C(C(=O)OC(C)(C)C)O[C@@H](C(C)C)[C@H]2C)ccc(F)c1F. The first-order valence-corrected chi connectivity index (χ1v) is 8.88. The van der Waals surface area contributed by atoms with Gasteiger partial charge in [0.1, 0.15) is 5.60 Å². The Bertz CT molecular complexity index is 667. The van der Waals surface area contributed by atoms with Crippen LogP contribution in [0, 0.1) is 23.5 Å². The smallest absolute Gasteiger partial charge is 0.336 e. The van der Waals surface area contributed by atoms with Crippen molar-refractivity contribution in [1.82, 2.24) is 0 Å². The van der Waals surface area contributed by atoms with Gasteiger partial charge in [0.05, 0.1) is 13.2 Å². The quantitative estimate of drug-likeness (QED) is 0.734. The predicted molar refractivity (Wildman–Crippen MR) is 94.2 cm³/mol. The number of hydrogen-bond acceptors (Lipinski definition) is 4. The molecule has 26 heavy (non-hydrogen) atoms. The molecule has 0 spiro atoms. The Labute approximate surface area is 153 Å². The van der Waals surface area contributed by atoms with Crippen LogP contribution in [0.15, 0.2) is 12.1 Å². The van der Waals surface area contributed by atoms with Crippen molar-refractivity contribution in [2.24, 2.45) is 11.8 Å². The van der Waals surface area contributed by atoms with Crippen LogP contribution in [0.25, 0.3) is 0 Å². The fraction of sp³-hybridized carbons (Fsp3) is 0.650. The topological polar surface area (TPSA) is 44.8 Å². The molecule has 0 saturated carbocycles. The minimum absolute atomic E-state index is 0.105. The monoisotopic (exact) mass is 370 g/mol. The molecule has 0 N–H and O–H groups in total. The second-order valence-electron chi connectivity index (χ2n) is 8.17. The molecule has 1 saturated heterocycles. The number of ether oxygens (including phenoxy) is 3. The van der Waals surface area contributed by atoms with E-state index in [1.807, 2.05) is 20.8 Å². The second-order valence-corrected chi connectivity index (χ2v) is 8.17. The van der Waals surface area contributed by atoms with Crippen molar-refractivity contribution in [2.45, 2.75) is 65.3 Å². The highest BCUT2D eigenvalue weighted by Crippen LogP contribution is 2.46. The van der Waals surface area contributed by atoms with Crippen molar-refractivity contribution < 1.29 is 27.8 Å². The van der Waals surface area contributed by atoms with Crippen molar-refractivity contribution in [3.63, 3.8) is 0 Å². The number of carbonyl (C=O) groups excluding carboxylic acids is 1. The number of halogens is 2. The van der Waals surface area contributed by atoms with Gasteiger partial charge in [0.15, 0.2) is 17.7 Å². The lowest BCUT2D eigenvalue weighted by molar-refractivity contribution is -0.169. The van der Waals surface area contributed by atoms with E-state index in [4.69, 9.17) is 14.2 Å². The molecule has 1 aromatic rings. The van der Waals surface area contributed by atoms with Crippen molar-refractivity contribution in [3.05, 3.63) is 29.3 Å². The average molecular weight is 370 g/mol. The minimum atomic E-state index is -1.06. The van der Waals surface area contributed by atoms with E-state index >= 15 is 0 Å². The number of carbonyl (C=O) groups is 1. The summed E-state index contributed by atoms with van der Waals surface area (Å²) in [5, 5.41) is 0. The molecule has 1 heterocycles. The van der Waals surface area contributed by atoms with E-state index in [9.17, 15) is 13.6 Å². The molecule has 2 rings (SSSR count). The maximum atomic E-state index is 14.2. The van der Waals surface area contributed by atoms with Gasteiger partial charge in [0.2, 0.25) is 5.82 Å². The zero-order valence-electron chi connectivity index (χ0n) is 16.4. The van der Waals surface area contributed by atoms with Crippen LogP contribution in [-0.2, 0) is 14.3 Å². The van der Waals surface area contributed by atoms with Crippen LogP contribution in [0.5, 0.6) is 5.75 Å². The van der Waals surface area contributed by atoms with Gasteiger partial charge in [-0.15, -0.1) is 0 Å². The highest BCUT2D eigenvalue weighted by Gasteiger charge is 2.49. The van der Waals surface area contributed by atoms with Crippen LogP contribution in [0.4, 0.5) is 8.78 Å². The van der Waals surface area contributed by atoms with Gasteiger partial charge in [-0.2, -0.15) is 4.39 Å². The summed E-state index contributed by atoms with van der Waals surface area (Å²) in [6, 6.07) is 2.51. The Kier molecular flexibility index (Phi) is 5.95. The Morgan fingerprint density at radius 1 is 1.23 bits per heavy atom. The molecule has 146 valence electrons. The molecule has 0 radical (unpaired) electrons. The fourth-order valence-corrected chi connectivity index (χ4v) is 3.65. The van der Waals surface area contributed by atoms with Gasteiger partial charge >= 0.3 is 5.97 Å². The predicted octanol–water partition coefficient (Wildman–Crippen LogP) is 4.46. The van der Waals surface area contributed by atoms with Crippen LogP contribution in [0.1, 0.15) is 53.0 Å². The largest absolute Gasteiger partial charge is 0.493 e. The van der Waals surface area contributed by atoms with E-state index in [2.05, 4.69) is 0 Å². The molecule has 0 aromatic heterocycles. The number of rotatable bonds is 4. The third-order valence-electron chi connectivity index (χ3n) is 4.65. The Morgan fingerprint density at radius 3 is 2.35 bits per heavy atom. The molecule has 0 amide bonds. The first-order valence-electron chi connectivity index (χ1n) is 8.88. The summed E-state index contributed by atoms with van der Waals surface area (Å²) < 4.78 is 44.5. The maximum absolute atomic E-state index is 14.2. The second kappa shape index (κ2) is 7.51. The van der Waals surface area contributed by atoms with E-state index in [1.54, 1.807) is 20.8 Å². The van der Waals surface area contributed by atoms with Gasteiger partial charge in [-0.05, 0) is 38.7 Å². The highest BCUT2D eigenvalue weighted by atomic mass is 19.2. The lowest BCUT2D eigenvalue weighted by atomic mass is 9.80. The van der Waals surface area contributed by atoms with Crippen LogP contribution < -0.4 is 4.74 Å². The Morgan fingerprint density at radius 2 is 1.85 bits per heavy atom. The van der Waals surface area contributed by atoms with Gasteiger partial charge in [0.25, 0.3) is 0 Å². The van der Waals surface area contributed by atoms with E-state index in [-0.39, 0.29) is 23.7 Å². The molecule has 4 atom stereocenters. The van der Waals surface area contributed by atoms with Gasteiger partial charge in [0, 0.05) is 11.5 Å². The van der Waals surface area contributed by atoms with Crippen LogP contribution in [0.2, 0.25) is 0 Å². The first kappa shape index (κ1) is 20.6. The lowest BCUT2D eigenvalue weighted by Gasteiger charge is -2.26. The average Bonchev–Trinajstić information content (AvgIpc) is 2.86. The normalized spacial score (nSPS) is 26.2. The molecule has 0 aliphatic carbocycles. The molecule has 6 heteroatoms. The lowest BCUT2D eigenvalue weighted by Crippen LogP contribution is -2.35. The molecule has 4 nitrogen and oxygen atoms in total. The van der Waals surface area contributed by atoms with Gasteiger partial charge in [-0.25, -0.2) is 9.18 Å². The zero-order chi connectivity index (χ0) is 19.8. The standard InChI is InChI=1S/C20H28F2O4/c1-10(2)16-11(3)14(18(25-16)19(23)26-20(4,5)6)12-8-9-13(21)15(22)17(12)24-7/h8-11,14,16,18H,1-7H3/t11-,14?,16-,18?/m0/s1. The van der Waals surface area contributed by atoms with Gasteiger partial charge in [-0.3, -0.25) is 0 Å². The van der Waals surface area contributed by atoms with Gasteiger partial charge < -0.3 is 14.2 Å². The van der Waals surface area contributed by atoms with Crippen LogP contribution in [-0.4, -0.2) is 30.9 Å². The van der Waals surface area contributed by atoms with Crippen LogP contribution in [0.3, 0.4) is 0 Å². The highest BCUT2D eigenvalue weighted by molar-refractivity contribution is 5.77. The summed E-state index contributed by atoms with van der Waals surface area (Å²) >= 11 is 0. The summed E-state index contributed by atoms with van der Waals surface area (Å²) in [4.78, 5) is 12.8. The summed E-state index contributed by atoms with van der Waals surface area (Å²) in [7, 11) is 1.28. The number of benzene rings is 1. The zero-order valence-corrected chi connectivity index (χ0v) is 16.4. The third-order valence-corrected chi connectivity index (χ3v) is 4.65. The molecule has 1 aliphatic heterocycles. The minimum Gasteiger partial charge on any atom is -0.493 e. The van der Waals surface area contributed by atoms with E-state index in [0.717, 1.165) is 6.07 Å². The summed E-state index contributed by atoms with van der Waals surface area (Å²) in [5.41, 5.74) is -0.264. The van der Waals surface area contributed by atoms with Crippen molar-refractivity contribution in [1.29, 1.82) is 0 Å². The van der Waals surface area contributed by atoms with Crippen molar-refractivity contribution in [2.75, 3.05) is 7.11 Å². The fourth-order valence-electron chi connectivity index (χ4n) is 3.65. The van der Waals surface area contributed by atoms with Crippen LogP contribution >= 0.6 is 0 Å². The molecule has 0 bridgehead atoms. The summed E-state index contributed by atoms with van der Waals surface area (Å²) in [6.45, 7) is 11.3. The van der Waals surface area contributed by atoms with Crippen molar-refractivity contribution in [3.8, 4) is 5.75 Å². The van der Waals surface area contributed by atoms with E-state index < -0.39 is 35.2 Å². The van der Waals surface area contributed by atoms with E-state index in [0.29, 0.717) is 5.56 Å². The van der Waals surface area contributed by atoms with E-state index in [1.165, 1.54) is 13.2 Å². The van der Waals surface area contributed by atoms with Crippen molar-refractivity contribution >= 4 is 5.97 Å². The summed E-state index contributed by atoms with van der Waals surface area (Å²) in [5.74, 6) is -3.21. The maximum Gasteiger partial charge on any atom is 0.336 e. The molecular weight excluding hydrogens is 342 g/mol. The Balaban J connectivity index is 2.51. The summed E-state index contributed by atoms with van der Waals surface area (Å²) in [6.07, 6.45) is -1.12. The number of methoxy groups -OCH3 is 1. The third kappa shape index (κ3) is 4.00. The number of esters is 1. The molecule has 1 aromatic carbocycles. The molecule has 2 unspecified atom stereocenters.